The molecule has 0 saturated heterocycles. The van der Waals surface area contributed by atoms with E-state index < -0.39 is 0 Å². The Hall–Kier alpha value is -2.95. The standard InChI is InChI=1S/C21H22FN3O/c1-15(2)12-13-23-21(26)20-14-19(16-8-10-17(22)11-9-16)24-25(20)18-6-4-3-5-7-18/h3-11,14-15H,12-13H2,1-2H3,(H,23,26). The molecule has 0 spiro atoms. The predicted octanol–water partition coefficient (Wildman–Crippen LogP) is 4.45. The average molecular weight is 351 g/mol. The van der Waals surface area contributed by atoms with Crippen molar-refractivity contribution in [3.05, 3.63) is 72.2 Å². The Bertz CT molecular complexity index is 870. The van der Waals surface area contributed by atoms with Gasteiger partial charge in [-0.1, -0.05) is 32.0 Å². The summed E-state index contributed by atoms with van der Waals surface area (Å²) in [5.74, 6) is 0.0439. The van der Waals surface area contributed by atoms with Crippen LogP contribution < -0.4 is 5.32 Å². The van der Waals surface area contributed by atoms with Crippen molar-refractivity contribution in [1.82, 2.24) is 15.1 Å². The summed E-state index contributed by atoms with van der Waals surface area (Å²) in [6.07, 6.45) is 0.913. The van der Waals surface area contributed by atoms with Crippen LogP contribution in [0.3, 0.4) is 0 Å². The zero-order valence-corrected chi connectivity index (χ0v) is 14.9. The fourth-order valence-electron chi connectivity index (χ4n) is 2.64. The Kier molecular flexibility index (Phi) is 5.46. The fourth-order valence-corrected chi connectivity index (χ4v) is 2.64. The van der Waals surface area contributed by atoms with E-state index in [1.54, 1.807) is 22.9 Å². The van der Waals surface area contributed by atoms with Gasteiger partial charge in [0.2, 0.25) is 0 Å². The van der Waals surface area contributed by atoms with Gasteiger partial charge >= 0.3 is 0 Å². The smallest absolute Gasteiger partial charge is 0.270 e. The van der Waals surface area contributed by atoms with Gasteiger partial charge in [0, 0.05) is 12.1 Å². The number of nitrogens with zero attached hydrogens (tertiary/aromatic N) is 2. The molecule has 1 N–H and O–H groups in total. The van der Waals surface area contributed by atoms with Gasteiger partial charge in [-0.15, -0.1) is 0 Å². The highest BCUT2D eigenvalue weighted by Crippen LogP contribution is 2.22. The van der Waals surface area contributed by atoms with E-state index in [0.717, 1.165) is 17.7 Å². The van der Waals surface area contributed by atoms with Crippen LogP contribution >= 0.6 is 0 Å². The van der Waals surface area contributed by atoms with Gasteiger partial charge in [-0.25, -0.2) is 9.07 Å². The first-order valence-electron chi connectivity index (χ1n) is 8.74. The van der Waals surface area contributed by atoms with E-state index in [-0.39, 0.29) is 11.7 Å². The van der Waals surface area contributed by atoms with Gasteiger partial charge in [-0.3, -0.25) is 4.79 Å². The van der Waals surface area contributed by atoms with Crippen LogP contribution in [-0.2, 0) is 0 Å². The lowest BCUT2D eigenvalue weighted by atomic mass is 10.1. The summed E-state index contributed by atoms with van der Waals surface area (Å²) in [7, 11) is 0. The number of nitrogens with one attached hydrogen (secondary N) is 1. The third-order valence-corrected chi connectivity index (χ3v) is 4.09. The van der Waals surface area contributed by atoms with E-state index in [1.807, 2.05) is 30.3 Å². The third kappa shape index (κ3) is 4.17. The molecule has 0 unspecified atom stereocenters. The van der Waals surface area contributed by atoms with Crippen LogP contribution in [0.25, 0.3) is 16.9 Å². The molecule has 0 aliphatic heterocycles. The number of halogens is 1. The lowest BCUT2D eigenvalue weighted by Crippen LogP contribution is -2.27. The normalized spacial score (nSPS) is 10.9. The largest absolute Gasteiger partial charge is 0.351 e. The van der Waals surface area contributed by atoms with Crippen molar-refractivity contribution in [1.29, 1.82) is 0 Å². The first-order chi connectivity index (χ1) is 12.5. The summed E-state index contributed by atoms with van der Waals surface area (Å²) in [5.41, 5.74) is 2.65. The molecule has 134 valence electrons. The second-order valence-electron chi connectivity index (χ2n) is 6.61. The van der Waals surface area contributed by atoms with Crippen LogP contribution in [0.4, 0.5) is 4.39 Å². The van der Waals surface area contributed by atoms with Crippen molar-refractivity contribution in [2.75, 3.05) is 6.54 Å². The molecular formula is C21H22FN3O. The molecule has 4 nitrogen and oxygen atoms in total. The molecule has 26 heavy (non-hydrogen) atoms. The highest BCUT2D eigenvalue weighted by molar-refractivity contribution is 5.94. The molecule has 0 aliphatic rings. The summed E-state index contributed by atoms with van der Waals surface area (Å²) in [5, 5.41) is 7.53. The molecule has 3 aromatic rings. The van der Waals surface area contributed by atoms with Crippen LogP contribution in [0.1, 0.15) is 30.8 Å². The number of hydrogen-bond donors (Lipinski definition) is 1. The van der Waals surface area contributed by atoms with Gasteiger partial charge in [0.15, 0.2) is 0 Å². The Labute approximate surface area is 152 Å². The third-order valence-electron chi connectivity index (χ3n) is 4.09. The van der Waals surface area contributed by atoms with E-state index >= 15 is 0 Å². The molecule has 1 amide bonds. The van der Waals surface area contributed by atoms with E-state index in [4.69, 9.17) is 0 Å². The SMILES string of the molecule is CC(C)CCNC(=O)c1cc(-c2ccc(F)cc2)nn1-c1ccccc1. The maximum Gasteiger partial charge on any atom is 0.270 e. The highest BCUT2D eigenvalue weighted by Gasteiger charge is 2.17. The lowest BCUT2D eigenvalue weighted by Gasteiger charge is -2.09. The van der Waals surface area contributed by atoms with Crippen molar-refractivity contribution in [2.24, 2.45) is 5.92 Å². The molecule has 0 bridgehead atoms. The lowest BCUT2D eigenvalue weighted by molar-refractivity contribution is 0.0944. The van der Waals surface area contributed by atoms with Crippen molar-refractivity contribution in [3.63, 3.8) is 0 Å². The molecule has 1 aromatic heterocycles. The quantitative estimate of drug-likeness (QED) is 0.713. The zero-order valence-electron chi connectivity index (χ0n) is 14.9. The molecule has 0 aliphatic carbocycles. The topological polar surface area (TPSA) is 46.9 Å². The second-order valence-corrected chi connectivity index (χ2v) is 6.61. The van der Waals surface area contributed by atoms with E-state index in [0.29, 0.717) is 23.9 Å². The molecule has 1 heterocycles. The number of benzene rings is 2. The van der Waals surface area contributed by atoms with Crippen molar-refractivity contribution >= 4 is 5.91 Å². The number of amides is 1. The Morgan fingerprint density at radius 3 is 2.46 bits per heavy atom. The van der Waals surface area contributed by atoms with Gasteiger partial charge in [0.25, 0.3) is 5.91 Å². The second kappa shape index (κ2) is 7.95. The van der Waals surface area contributed by atoms with E-state index in [9.17, 15) is 9.18 Å². The van der Waals surface area contributed by atoms with Crippen molar-refractivity contribution in [3.8, 4) is 16.9 Å². The maximum absolute atomic E-state index is 13.2. The molecule has 2 aromatic carbocycles. The number of carbonyl (C=O) groups is 1. The Balaban J connectivity index is 1.95. The first-order valence-corrected chi connectivity index (χ1v) is 8.74. The van der Waals surface area contributed by atoms with E-state index in [1.165, 1.54) is 12.1 Å². The Morgan fingerprint density at radius 2 is 1.81 bits per heavy atom. The number of aromatic nitrogens is 2. The highest BCUT2D eigenvalue weighted by atomic mass is 19.1. The molecule has 0 radical (unpaired) electrons. The minimum absolute atomic E-state index is 0.171. The minimum Gasteiger partial charge on any atom is -0.351 e. The van der Waals surface area contributed by atoms with Crippen molar-refractivity contribution < 1.29 is 9.18 Å². The summed E-state index contributed by atoms with van der Waals surface area (Å²) >= 11 is 0. The zero-order chi connectivity index (χ0) is 18.5. The molecule has 0 saturated carbocycles. The Morgan fingerprint density at radius 1 is 1.12 bits per heavy atom. The molecular weight excluding hydrogens is 329 g/mol. The van der Waals surface area contributed by atoms with Gasteiger partial charge in [-0.2, -0.15) is 5.10 Å². The van der Waals surface area contributed by atoms with Gasteiger partial charge < -0.3 is 5.32 Å². The molecule has 0 atom stereocenters. The summed E-state index contributed by atoms with van der Waals surface area (Å²) < 4.78 is 14.8. The number of para-hydroxylation sites is 1. The molecule has 5 heteroatoms. The fraction of sp³-hybridized carbons (Fsp3) is 0.238. The average Bonchev–Trinajstić information content (AvgIpc) is 3.08. The summed E-state index contributed by atoms with van der Waals surface area (Å²) in [6.45, 7) is 4.85. The minimum atomic E-state index is -0.303. The maximum atomic E-state index is 13.2. The summed E-state index contributed by atoms with van der Waals surface area (Å²) in [6, 6.07) is 17.3. The van der Waals surface area contributed by atoms with Gasteiger partial charge in [0.1, 0.15) is 11.5 Å². The van der Waals surface area contributed by atoms with Gasteiger partial charge in [-0.05, 0) is 54.8 Å². The predicted molar refractivity (Wildman–Crippen MR) is 101 cm³/mol. The summed E-state index contributed by atoms with van der Waals surface area (Å²) in [4.78, 5) is 12.7. The van der Waals surface area contributed by atoms with Crippen molar-refractivity contribution in [2.45, 2.75) is 20.3 Å². The molecule has 0 fully saturated rings. The van der Waals surface area contributed by atoms with Crippen LogP contribution in [0.15, 0.2) is 60.7 Å². The monoisotopic (exact) mass is 351 g/mol. The number of carbonyl (C=O) groups excluding carboxylic acids is 1. The van der Waals surface area contributed by atoms with E-state index in [2.05, 4.69) is 24.3 Å². The van der Waals surface area contributed by atoms with Gasteiger partial charge in [0.05, 0.1) is 11.4 Å². The van der Waals surface area contributed by atoms with Crippen LogP contribution in [0.2, 0.25) is 0 Å². The van der Waals surface area contributed by atoms with Crippen LogP contribution in [-0.4, -0.2) is 22.2 Å². The first kappa shape index (κ1) is 17.9. The molecule has 3 rings (SSSR count). The number of hydrogen-bond acceptors (Lipinski definition) is 2. The van der Waals surface area contributed by atoms with Crippen LogP contribution in [0, 0.1) is 11.7 Å². The van der Waals surface area contributed by atoms with Crippen LogP contribution in [0.5, 0.6) is 0 Å². The number of rotatable bonds is 6.